The Morgan fingerprint density at radius 1 is 1.29 bits per heavy atom. The highest BCUT2D eigenvalue weighted by Gasteiger charge is 2.23. The van der Waals surface area contributed by atoms with Crippen LogP contribution >= 0.6 is 0 Å². The van der Waals surface area contributed by atoms with E-state index in [2.05, 4.69) is 0 Å². The van der Waals surface area contributed by atoms with Gasteiger partial charge in [-0.25, -0.2) is 0 Å². The number of hydrogen-bond donors (Lipinski definition) is 2. The molecular formula is C18H26O6. The number of ether oxygens (including phenoxy) is 3. The van der Waals surface area contributed by atoms with Crippen molar-refractivity contribution < 1.29 is 29.2 Å². The van der Waals surface area contributed by atoms with Gasteiger partial charge in [-0.2, -0.15) is 0 Å². The molecule has 3 atom stereocenters. The van der Waals surface area contributed by atoms with Gasteiger partial charge in [-0.05, 0) is 24.8 Å². The van der Waals surface area contributed by atoms with Crippen molar-refractivity contribution in [2.75, 3.05) is 13.2 Å². The highest BCUT2D eigenvalue weighted by molar-refractivity contribution is 5.67. The van der Waals surface area contributed by atoms with E-state index in [1.165, 1.54) is 0 Å². The molecule has 6 heteroatoms. The summed E-state index contributed by atoms with van der Waals surface area (Å²) in [6.45, 7) is 1.40. The molecule has 1 aromatic carbocycles. The number of benzene rings is 1. The lowest BCUT2D eigenvalue weighted by molar-refractivity contribution is -0.203. The maximum absolute atomic E-state index is 10.7. The first-order valence-corrected chi connectivity index (χ1v) is 8.42. The molecule has 1 unspecified atom stereocenters. The zero-order valence-corrected chi connectivity index (χ0v) is 13.8. The van der Waals surface area contributed by atoms with Gasteiger partial charge in [-0.1, -0.05) is 30.3 Å². The van der Waals surface area contributed by atoms with Crippen molar-refractivity contribution in [2.24, 2.45) is 0 Å². The van der Waals surface area contributed by atoms with Crippen molar-refractivity contribution in [3.63, 3.8) is 0 Å². The zero-order chi connectivity index (χ0) is 17.2. The number of carbonyl (C=O) groups is 1. The number of hydrogen-bond acceptors (Lipinski definition) is 5. The summed E-state index contributed by atoms with van der Waals surface area (Å²) >= 11 is 0. The van der Waals surface area contributed by atoms with Crippen molar-refractivity contribution >= 4 is 5.97 Å². The molecule has 6 nitrogen and oxygen atoms in total. The van der Waals surface area contributed by atoms with Gasteiger partial charge in [-0.15, -0.1) is 0 Å². The van der Waals surface area contributed by atoms with E-state index < -0.39 is 18.2 Å². The van der Waals surface area contributed by atoms with Crippen molar-refractivity contribution in [3.05, 3.63) is 35.9 Å². The van der Waals surface area contributed by atoms with Crippen molar-refractivity contribution in [2.45, 2.75) is 57.2 Å². The Balaban J connectivity index is 1.82. The van der Waals surface area contributed by atoms with E-state index >= 15 is 0 Å². The van der Waals surface area contributed by atoms with E-state index in [1.54, 1.807) is 0 Å². The maximum Gasteiger partial charge on any atom is 0.305 e. The lowest BCUT2D eigenvalue weighted by Gasteiger charge is -2.28. The molecule has 1 heterocycles. The molecule has 2 rings (SSSR count). The first kappa shape index (κ1) is 18.9. The average Bonchev–Trinajstić information content (AvgIpc) is 2.56. The molecule has 1 aromatic rings. The molecule has 24 heavy (non-hydrogen) atoms. The first-order chi connectivity index (χ1) is 11.6. The van der Waals surface area contributed by atoms with Gasteiger partial charge >= 0.3 is 5.97 Å². The predicted molar refractivity (Wildman–Crippen MR) is 87.4 cm³/mol. The summed E-state index contributed by atoms with van der Waals surface area (Å²) in [4.78, 5) is 10.7. The molecule has 0 bridgehead atoms. The molecule has 0 radical (unpaired) electrons. The van der Waals surface area contributed by atoms with Crippen LogP contribution in [0.4, 0.5) is 0 Å². The van der Waals surface area contributed by atoms with Crippen LogP contribution in [0.2, 0.25) is 0 Å². The highest BCUT2D eigenvalue weighted by Crippen LogP contribution is 2.18. The third-order valence-electron chi connectivity index (χ3n) is 3.84. The van der Waals surface area contributed by atoms with Crippen LogP contribution in [0.25, 0.3) is 0 Å². The van der Waals surface area contributed by atoms with Gasteiger partial charge in [-0.3, -0.25) is 4.79 Å². The Bertz CT molecular complexity index is 472. The van der Waals surface area contributed by atoms with Gasteiger partial charge < -0.3 is 24.4 Å². The van der Waals surface area contributed by atoms with E-state index in [0.29, 0.717) is 13.2 Å². The topological polar surface area (TPSA) is 85.2 Å². The van der Waals surface area contributed by atoms with E-state index in [1.807, 2.05) is 30.3 Å². The van der Waals surface area contributed by atoms with Crippen LogP contribution in [0, 0.1) is 0 Å². The minimum atomic E-state index is -1.03. The van der Waals surface area contributed by atoms with Crippen LogP contribution in [0.5, 0.6) is 0 Å². The molecule has 1 aliphatic heterocycles. The Kier molecular flexibility index (Phi) is 8.18. The standard InChI is InChI=1S/C18H26O6/c19-15(11-17(20)21)10-16(24-18-8-4-5-9-23-18)13-22-12-14-6-2-1-3-7-14/h1-3,6-7,15-16,18-19H,4-5,8-13H2,(H,20,21)/t15-,16+,18?/m1/s1. The molecule has 1 fully saturated rings. The monoisotopic (exact) mass is 338 g/mol. The Morgan fingerprint density at radius 2 is 2.08 bits per heavy atom. The normalized spacial score (nSPS) is 20.5. The molecule has 2 N–H and O–H groups in total. The number of aliphatic carboxylic acids is 1. The second-order valence-corrected chi connectivity index (χ2v) is 6.04. The molecular weight excluding hydrogens is 312 g/mol. The smallest absolute Gasteiger partial charge is 0.305 e. The average molecular weight is 338 g/mol. The molecule has 0 spiro atoms. The van der Waals surface area contributed by atoms with Crippen LogP contribution in [0.3, 0.4) is 0 Å². The summed E-state index contributed by atoms with van der Waals surface area (Å²) < 4.78 is 17.1. The third-order valence-corrected chi connectivity index (χ3v) is 3.84. The lowest BCUT2D eigenvalue weighted by atomic mass is 10.1. The summed E-state index contributed by atoms with van der Waals surface area (Å²) in [6, 6.07) is 9.77. The SMILES string of the molecule is O=C(O)C[C@H](O)C[C@@H](COCc1ccccc1)OC1CCCCO1. The van der Waals surface area contributed by atoms with Gasteiger partial charge in [0.2, 0.25) is 0 Å². The van der Waals surface area contributed by atoms with Crippen molar-refractivity contribution in [1.82, 2.24) is 0 Å². The largest absolute Gasteiger partial charge is 0.481 e. The molecule has 1 saturated heterocycles. The summed E-state index contributed by atoms with van der Waals surface area (Å²) in [6.07, 6.45) is 1.12. The van der Waals surface area contributed by atoms with E-state index in [9.17, 15) is 9.90 Å². The van der Waals surface area contributed by atoms with E-state index in [0.717, 1.165) is 24.8 Å². The number of rotatable bonds is 10. The van der Waals surface area contributed by atoms with Crippen molar-refractivity contribution in [3.8, 4) is 0 Å². The van der Waals surface area contributed by atoms with Gasteiger partial charge in [0.15, 0.2) is 6.29 Å². The fraction of sp³-hybridized carbons (Fsp3) is 0.611. The number of aliphatic hydroxyl groups is 1. The van der Waals surface area contributed by atoms with E-state index in [-0.39, 0.29) is 25.7 Å². The summed E-state index contributed by atoms with van der Waals surface area (Å²) in [7, 11) is 0. The quantitative estimate of drug-likeness (QED) is 0.681. The van der Waals surface area contributed by atoms with Crippen LogP contribution in [0.1, 0.15) is 37.7 Å². The number of aliphatic hydroxyl groups excluding tert-OH is 1. The Labute approximate surface area is 142 Å². The molecule has 134 valence electrons. The fourth-order valence-electron chi connectivity index (χ4n) is 2.67. The first-order valence-electron chi connectivity index (χ1n) is 8.42. The predicted octanol–water partition coefficient (Wildman–Crippen LogP) is 2.34. The Hall–Kier alpha value is -1.47. The molecule has 0 aliphatic carbocycles. The van der Waals surface area contributed by atoms with Crippen LogP contribution in [0.15, 0.2) is 30.3 Å². The molecule has 0 aromatic heterocycles. The van der Waals surface area contributed by atoms with Crippen molar-refractivity contribution in [1.29, 1.82) is 0 Å². The minimum Gasteiger partial charge on any atom is -0.481 e. The second-order valence-electron chi connectivity index (χ2n) is 6.04. The molecule has 0 saturated carbocycles. The highest BCUT2D eigenvalue weighted by atomic mass is 16.7. The van der Waals surface area contributed by atoms with Crippen LogP contribution < -0.4 is 0 Å². The summed E-state index contributed by atoms with van der Waals surface area (Å²) in [5.41, 5.74) is 1.05. The van der Waals surface area contributed by atoms with Gasteiger partial charge in [0, 0.05) is 13.0 Å². The number of carboxylic acid groups (broad SMARTS) is 1. The van der Waals surface area contributed by atoms with Gasteiger partial charge in [0.25, 0.3) is 0 Å². The molecule has 1 aliphatic rings. The zero-order valence-electron chi connectivity index (χ0n) is 13.8. The molecule has 0 amide bonds. The minimum absolute atomic E-state index is 0.209. The van der Waals surface area contributed by atoms with Gasteiger partial charge in [0.05, 0.1) is 31.8 Å². The summed E-state index contributed by atoms with van der Waals surface area (Å²) in [5, 5.41) is 18.7. The fourth-order valence-corrected chi connectivity index (χ4v) is 2.67. The second kappa shape index (κ2) is 10.4. The maximum atomic E-state index is 10.7. The lowest BCUT2D eigenvalue weighted by Crippen LogP contribution is -2.33. The number of carboxylic acids is 1. The summed E-state index contributed by atoms with van der Waals surface area (Å²) in [5.74, 6) is -1.03. The Morgan fingerprint density at radius 3 is 2.75 bits per heavy atom. The van der Waals surface area contributed by atoms with Crippen LogP contribution in [-0.4, -0.2) is 47.9 Å². The van der Waals surface area contributed by atoms with Crippen LogP contribution in [-0.2, 0) is 25.6 Å². The van der Waals surface area contributed by atoms with Gasteiger partial charge in [0.1, 0.15) is 0 Å². The third kappa shape index (κ3) is 7.40. The van der Waals surface area contributed by atoms with E-state index in [4.69, 9.17) is 19.3 Å².